The van der Waals surface area contributed by atoms with E-state index in [0.29, 0.717) is 0 Å². The van der Waals surface area contributed by atoms with Crippen molar-refractivity contribution in [2.45, 2.75) is 40.5 Å². The summed E-state index contributed by atoms with van der Waals surface area (Å²) in [6, 6.07) is 11.8. The molecule has 4 N–H and O–H groups in total. The lowest BCUT2D eigenvalue weighted by atomic mass is 9.91. The van der Waals surface area contributed by atoms with Crippen molar-refractivity contribution in [3.05, 3.63) is 64.2 Å². The van der Waals surface area contributed by atoms with Crippen LogP contribution in [0.25, 0.3) is 0 Å². The van der Waals surface area contributed by atoms with Crippen molar-refractivity contribution in [2.24, 2.45) is 11.7 Å². The smallest absolute Gasteiger partial charge is 0.165 e. The maximum Gasteiger partial charge on any atom is 0.165 e. The summed E-state index contributed by atoms with van der Waals surface area (Å²) in [6.07, 6.45) is 1.98. The van der Waals surface area contributed by atoms with Gasteiger partial charge in [-0.25, -0.2) is 0 Å². The van der Waals surface area contributed by atoms with Crippen LogP contribution in [0.5, 0.6) is 0 Å². The molecule has 0 aromatic heterocycles. The summed E-state index contributed by atoms with van der Waals surface area (Å²) in [5.74, 6) is 0.326. The number of benzene rings is 2. The van der Waals surface area contributed by atoms with Crippen LogP contribution in [0.1, 0.15) is 52.9 Å². The van der Waals surface area contributed by atoms with Crippen LogP contribution in [0.4, 0.5) is 5.69 Å². The number of nitrogens with one attached hydrogen (secondary N) is 2. The summed E-state index contributed by atoms with van der Waals surface area (Å²) < 4.78 is 0. The minimum absolute atomic E-state index is 0.0255. The van der Waals surface area contributed by atoms with Gasteiger partial charge in [-0.05, 0) is 73.7 Å². The van der Waals surface area contributed by atoms with E-state index >= 15 is 0 Å². The molecule has 2 rings (SSSR count). The molecule has 0 spiro atoms. The van der Waals surface area contributed by atoms with E-state index in [9.17, 15) is 4.79 Å². The molecule has 0 unspecified atom stereocenters. The van der Waals surface area contributed by atoms with Crippen molar-refractivity contribution in [1.29, 1.82) is 5.41 Å². The number of nitrogen functional groups attached to an aromatic ring is 1. The van der Waals surface area contributed by atoms with Crippen LogP contribution in [0.2, 0.25) is 0 Å². The van der Waals surface area contributed by atoms with Crippen molar-refractivity contribution < 1.29 is 4.79 Å². The average Bonchev–Trinajstić information content (AvgIpc) is 2.60. The summed E-state index contributed by atoms with van der Waals surface area (Å²) in [6.45, 7) is 8.86. The molecule has 0 aliphatic carbocycles. The Hall–Kier alpha value is -2.62. The molecule has 26 heavy (non-hydrogen) atoms. The minimum atomic E-state index is 0.0255. The summed E-state index contributed by atoms with van der Waals surface area (Å²) in [7, 11) is 0. The fraction of sp³-hybridized carbons (Fsp3) is 0.364. The first-order chi connectivity index (χ1) is 12.3. The van der Waals surface area contributed by atoms with Crippen molar-refractivity contribution in [3.63, 3.8) is 0 Å². The summed E-state index contributed by atoms with van der Waals surface area (Å²) >= 11 is 0. The van der Waals surface area contributed by atoms with Crippen molar-refractivity contribution >= 4 is 17.3 Å². The average molecular weight is 351 g/mol. The molecule has 0 radical (unpaired) electrons. The van der Waals surface area contributed by atoms with E-state index in [0.717, 1.165) is 41.8 Å². The lowest BCUT2D eigenvalue weighted by Gasteiger charge is -2.13. The maximum absolute atomic E-state index is 12.3. The topological polar surface area (TPSA) is 79.0 Å². The molecule has 2 aromatic carbocycles. The molecule has 2 aromatic rings. The number of ketones is 1. The highest BCUT2D eigenvalue weighted by Gasteiger charge is 2.14. The molecule has 4 heteroatoms. The first-order valence-electron chi connectivity index (χ1n) is 9.12. The molecule has 4 nitrogen and oxygen atoms in total. The molecule has 138 valence electrons. The Morgan fingerprint density at radius 3 is 2.35 bits per heavy atom. The van der Waals surface area contributed by atoms with Gasteiger partial charge in [0.05, 0.1) is 0 Å². The largest absolute Gasteiger partial charge is 0.385 e. The zero-order chi connectivity index (χ0) is 19.3. The van der Waals surface area contributed by atoms with Crippen LogP contribution in [-0.4, -0.2) is 18.2 Å². The second-order valence-corrected chi connectivity index (χ2v) is 7.13. The zero-order valence-electron chi connectivity index (χ0n) is 16.1. The predicted octanol–water partition coefficient (Wildman–Crippen LogP) is 4.47. The molecule has 0 aliphatic rings. The van der Waals surface area contributed by atoms with E-state index < -0.39 is 0 Å². The lowest BCUT2D eigenvalue weighted by molar-refractivity contribution is 0.0938. The Labute approximate surface area is 156 Å². The second kappa shape index (κ2) is 8.65. The standard InChI is InChI=1S/C22H29N3O/c1-14(2)21(26)20-13-15(3)18(12-16(20)4)6-5-11-25-19-9-7-17(8-10-19)22(23)24/h7-10,12-14,25H,5-6,11H2,1-4H3,(H3,23,24). The molecule has 0 saturated heterocycles. The van der Waals surface area contributed by atoms with E-state index in [1.165, 1.54) is 11.1 Å². The Morgan fingerprint density at radius 1 is 1.12 bits per heavy atom. The van der Waals surface area contributed by atoms with Crippen molar-refractivity contribution in [2.75, 3.05) is 11.9 Å². The van der Waals surface area contributed by atoms with Crippen molar-refractivity contribution in [1.82, 2.24) is 0 Å². The minimum Gasteiger partial charge on any atom is -0.385 e. The molecule has 0 atom stereocenters. The zero-order valence-corrected chi connectivity index (χ0v) is 16.1. The van der Waals surface area contributed by atoms with Crippen molar-refractivity contribution in [3.8, 4) is 0 Å². The monoisotopic (exact) mass is 351 g/mol. The first-order valence-corrected chi connectivity index (χ1v) is 9.12. The SMILES string of the molecule is Cc1cc(C(=O)C(C)C)c(C)cc1CCCNc1ccc(C(=N)N)cc1. The van der Waals surface area contributed by atoms with Crippen LogP contribution >= 0.6 is 0 Å². The summed E-state index contributed by atoms with van der Waals surface area (Å²) in [5.41, 5.74) is 11.6. The van der Waals surface area contributed by atoms with Crippen LogP contribution in [-0.2, 0) is 6.42 Å². The Balaban J connectivity index is 1.92. The summed E-state index contributed by atoms with van der Waals surface area (Å²) in [4.78, 5) is 12.3. The van der Waals surface area contributed by atoms with Gasteiger partial charge in [-0.15, -0.1) is 0 Å². The fourth-order valence-electron chi connectivity index (χ4n) is 3.00. The molecule has 0 amide bonds. The normalized spacial score (nSPS) is 10.8. The van der Waals surface area contributed by atoms with Gasteiger partial charge in [0.25, 0.3) is 0 Å². The first kappa shape index (κ1) is 19.7. The van der Waals surface area contributed by atoms with Crippen LogP contribution in [0.3, 0.4) is 0 Å². The van der Waals surface area contributed by atoms with E-state index in [1.807, 2.05) is 51.1 Å². The quantitative estimate of drug-likeness (QED) is 0.284. The number of aryl methyl sites for hydroxylation is 3. The third kappa shape index (κ3) is 4.94. The van der Waals surface area contributed by atoms with Gasteiger partial charge >= 0.3 is 0 Å². The number of Topliss-reactive ketones (excluding diaryl/α,β-unsaturated/α-hetero) is 1. The number of nitrogens with two attached hydrogens (primary N) is 1. The summed E-state index contributed by atoms with van der Waals surface area (Å²) in [5, 5.41) is 10.8. The third-order valence-electron chi connectivity index (χ3n) is 4.62. The molecular formula is C22H29N3O. The van der Waals surface area contributed by atoms with Crippen LogP contribution in [0, 0.1) is 25.2 Å². The van der Waals surface area contributed by atoms with Gasteiger partial charge in [-0.1, -0.05) is 19.9 Å². The molecule has 0 saturated carbocycles. The van der Waals surface area contributed by atoms with Gasteiger partial charge in [-0.3, -0.25) is 10.2 Å². The lowest BCUT2D eigenvalue weighted by Crippen LogP contribution is -2.11. The number of hydrogen-bond donors (Lipinski definition) is 3. The number of anilines is 1. The predicted molar refractivity (Wildman–Crippen MR) is 109 cm³/mol. The Morgan fingerprint density at radius 2 is 1.77 bits per heavy atom. The van der Waals surface area contributed by atoms with E-state index in [-0.39, 0.29) is 17.5 Å². The van der Waals surface area contributed by atoms with Gasteiger partial charge in [0.15, 0.2) is 5.78 Å². The molecular weight excluding hydrogens is 322 g/mol. The highest BCUT2D eigenvalue weighted by atomic mass is 16.1. The maximum atomic E-state index is 12.3. The molecule has 0 fully saturated rings. The van der Waals surface area contributed by atoms with Crippen LogP contribution < -0.4 is 11.1 Å². The van der Waals surface area contributed by atoms with E-state index in [4.69, 9.17) is 11.1 Å². The van der Waals surface area contributed by atoms with E-state index in [2.05, 4.69) is 18.3 Å². The Kier molecular flexibility index (Phi) is 6.56. The van der Waals surface area contributed by atoms with Crippen LogP contribution in [0.15, 0.2) is 36.4 Å². The number of hydrogen-bond acceptors (Lipinski definition) is 3. The van der Waals surface area contributed by atoms with Gasteiger partial charge in [0, 0.05) is 29.3 Å². The number of carbonyl (C=O) groups excluding carboxylic acids is 1. The number of rotatable bonds is 8. The molecule has 0 aliphatic heterocycles. The van der Waals surface area contributed by atoms with Gasteiger partial charge in [-0.2, -0.15) is 0 Å². The number of amidine groups is 1. The third-order valence-corrected chi connectivity index (χ3v) is 4.62. The highest BCUT2D eigenvalue weighted by molar-refractivity contribution is 5.99. The number of carbonyl (C=O) groups is 1. The van der Waals surface area contributed by atoms with Gasteiger partial charge in [0.2, 0.25) is 0 Å². The fourth-order valence-corrected chi connectivity index (χ4v) is 3.00. The molecule has 0 heterocycles. The highest BCUT2D eigenvalue weighted by Crippen LogP contribution is 2.20. The Bertz CT molecular complexity index is 792. The second-order valence-electron chi connectivity index (χ2n) is 7.13. The van der Waals surface area contributed by atoms with E-state index in [1.54, 1.807) is 0 Å². The van der Waals surface area contributed by atoms with Gasteiger partial charge < -0.3 is 11.1 Å². The van der Waals surface area contributed by atoms with Gasteiger partial charge in [0.1, 0.15) is 5.84 Å². The molecule has 0 bridgehead atoms.